The summed E-state index contributed by atoms with van der Waals surface area (Å²) in [7, 11) is 0. The zero-order chi connectivity index (χ0) is 13.8. The molecule has 102 valence electrons. The van der Waals surface area contributed by atoms with Crippen molar-refractivity contribution in [3.05, 3.63) is 24.7 Å². The Kier molecular flexibility index (Phi) is 3.46. The third-order valence-corrected chi connectivity index (χ3v) is 2.96. The van der Waals surface area contributed by atoms with E-state index in [0.29, 0.717) is 5.76 Å². The monoisotopic (exact) mass is 292 g/mol. The number of aromatic amines is 1. The van der Waals surface area contributed by atoms with E-state index in [1.807, 2.05) is 0 Å². The second-order valence-corrected chi connectivity index (χ2v) is 4.45. The lowest BCUT2D eigenvalue weighted by atomic mass is 10.5. The predicted molar refractivity (Wildman–Crippen MR) is 67.7 cm³/mol. The van der Waals surface area contributed by atoms with Crippen LogP contribution in [0.3, 0.4) is 0 Å². The molecule has 0 unspecified atom stereocenters. The van der Waals surface area contributed by atoms with Gasteiger partial charge in [0.25, 0.3) is 11.1 Å². The van der Waals surface area contributed by atoms with Crippen molar-refractivity contribution < 1.29 is 13.6 Å². The molecule has 3 aromatic heterocycles. The Hall–Kier alpha value is -2.62. The van der Waals surface area contributed by atoms with Gasteiger partial charge in [0, 0.05) is 0 Å². The second kappa shape index (κ2) is 5.57. The van der Waals surface area contributed by atoms with Gasteiger partial charge in [0.2, 0.25) is 11.9 Å². The van der Waals surface area contributed by atoms with E-state index in [2.05, 4.69) is 30.7 Å². The zero-order valence-electron chi connectivity index (χ0n) is 9.94. The normalized spacial score (nSPS) is 10.6. The molecule has 3 aromatic rings. The number of thioether (sulfide) groups is 1. The first-order chi connectivity index (χ1) is 9.81. The summed E-state index contributed by atoms with van der Waals surface area (Å²) in [5, 5.41) is 16.6. The maximum absolute atomic E-state index is 11.6. The molecule has 2 N–H and O–H groups in total. The number of rotatable bonds is 5. The molecule has 0 bridgehead atoms. The summed E-state index contributed by atoms with van der Waals surface area (Å²) >= 11 is 1.11. The van der Waals surface area contributed by atoms with Crippen LogP contribution in [0, 0.1) is 0 Å². The number of hydrogen-bond acceptors (Lipinski definition) is 8. The Balaban J connectivity index is 1.55. The molecule has 10 heteroatoms. The number of hydrogen-bond donors (Lipinski definition) is 2. The van der Waals surface area contributed by atoms with Gasteiger partial charge in [-0.1, -0.05) is 11.8 Å². The first kappa shape index (κ1) is 12.4. The van der Waals surface area contributed by atoms with Crippen LogP contribution in [0.2, 0.25) is 0 Å². The minimum Gasteiger partial charge on any atom is -0.459 e. The average Bonchev–Trinajstić information content (AvgIpc) is 3.18. The van der Waals surface area contributed by atoms with Crippen LogP contribution in [-0.4, -0.2) is 37.0 Å². The van der Waals surface area contributed by atoms with E-state index in [0.717, 1.165) is 11.8 Å². The predicted octanol–water partition coefficient (Wildman–Crippen LogP) is 1.18. The molecule has 0 aliphatic rings. The van der Waals surface area contributed by atoms with Gasteiger partial charge in [0.15, 0.2) is 5.76 Å². The van der Waals surface area contributed by atoms with Gasteiger partial charge in [-0.3, -0.25) is 10.1 Å². The van der Waals surface area contributed by atoms with Gasteiger partial charge in [-0.2, -0.15) is 10.1 Å². The summed E-state index contributed by atoms with van der Waals surface area (Å²) in [6.45, 7) is 0. The van der Waals surface area contributed by atoms with E-state index >= 15 is 0 Å². The summed E-state index contributed by atoms with van der Waals surface area (Å²) in [5.41, 5.74) is 0. The number of furan rings is 1. The molecule has 3 heterocycles. The number of amides is 1. The van der Waals surface area contributed by atoms with E-state index in [-0.39, 0.29) is 28.7 Å². The van der Waals surface area contributed by atoms with Gasteiger partial charge in [-0.25, -0.2) is 5.10 Å². The summed E-state index contributed by atoms with van der Waals surface area (Å²) in [6.07, 6.45) is 2.81. The molecule has 0 aliphatic carbocycles. The average molecular weight is 292 g/mol. The van der Waals surface area contributed by atoms with E-state index < -0.39 is 0 Å². The van der Waals surface area contributed by atoms with Gasteiger partial charge < -0.3 is 8.83 Å². The topological polar surface area (TPSA) is 123 Å². The largest absolute Gasteiger partial charge is 0.459 e. The van der Waals surface area contributed by atoms with Crippen LogP contribution in [0.5, 0.6) is 0 Å². The Morgan fingerprint density at radius 1 is 1.45 bits per heavy atom. The van der Waals surface area contributed by atoms with Gasteiger partial charge >= 0.3 is 0 Å². The lowest BCUT2D eigenvalue weighted by Crippen LogP contribution is -2.15. The highest BCUT2D eigenvalue weighted by Crippen LogP contribution is 2.23. The summed E-state index contributed by atoms with van der Waals surface area (Å²) in [5.74, 6) is 0.894. The third-order valence-electron chi connectivity index (χ3n) is 2.14. The molecule has 0 saturated heterocycles. The summed E-state index contributed by atoms with van der Waals surface area (Å²) < 4.78 is 10.5. The van der Waals surface area contributed by atoms with Crippen LogP contribution in [-0.2, 0) is 4.79 Å². The minimum atomic E-state index is -0.260. The molecule has 0 fully saturated rings. The molecule has 0 aliphatic heterocycles. The second-order valence-electron chi connectivity index (χ2n) is 3.52. The number of nitrogens with zero attached hydrogens (tertiary/aromatic N) is 4. The Morgan fingerprint density at radius 3 is 3.15 bits per heavy atom. The van der Waals surface area contributed by atoms with E-state index in [9.17, 15) is 4.79 Å². The SMILES string of the molecule is O=C(CSc1nnc(-c2ccco2)o1)Nc1ncn[nH]1. The summed E-state index contributed by atoms with van der Waals surface area (Å²) in [6, 6.07) is 3.43. The molecular weight excluding hydrogens is 284 g/mol. The Bertz CT molecular complexity index is 678. The zero-order valence-corrected chi connectivity index (χ0v) is 10.8. The molecule has 0 saturated carbocycles. The molecule has 3 rings (SSSR count). The molecular formula is C10H8N6O3S. The van der Waals surface area contributed by atoms with E-state index in [1.165, 1.54) is 12.6 Å². The number of anilines is 1. The number of aromatic nitrogens is 5. The van der Waals surface area contributed by atoms with Gasteiger partial charge in [-0.05, 0) is 12.1 Å². The van der Waals surface area contributed by atoms with Crippen molar-refractivity contribution in [1.82, 2.24) is 25.4 Å². The lowest BCUT2D eigenvalue weighted by Gasteiger charge is -1.98. The van der Waals surface area contributed by atoms with Crippen molar-refractivity contribution in [3.8, 4) is 11.7 Å². The smallest absolute Gasteiger partial charge is 0.284 e. The van der Waals surface area contributed by atoms with Crippen LogP contribution < -0.4 is 5.32 Å². The van der Waals surface area contributed by atoms with Gasteiger partial charge in [-0.15, -0.1) is 10.2 Å². The number of carbonyl (C=O) groups is 1. The maximum atomic E-state index is 11.6. The van der Waals surface area contributed by atoms with Crippen molar-refractivity contribution in [2.45, 2.75) is 5.22 Å². The molecule has 0 radical (unpaired) electrons. The van der Waals surface area contributed by atoms with Crippen molar-refractivity contribution in [1.29, 1.82) is 0 Å². The maximum Gasteiger partial charge on any atom is 0.284 e. The molecule has 9 nitrogen and oxygen atoms in total. The first-order valence-corrected chi connectivity index (χ1v) is 6.45. The standard InChI is InChI=1S/C10H8N6O3S/c17-7(13-9-11-5-12-15-9)4-20-10-16-14-8(19-10)6-2-1-3-18-6/h1-3,5H,4H2,(H2,11,12,13,15,17). The van der Waals surface area contributed by atoms with Crippen molar-refractivity contribution in [2.75, 3.05) is 11.1 Å². The van der Waals surface area contributed by atoms with Crippen LogP contribution in [0.15, 0.2) is 38.8 Å². The molecule has 0 atom stereocenters. The van der Waals surface area contributed by atoms with E-state index in [4.69, 9.17) is 8.83 Å². The quantitative estimate of drug-likeness (QED) is 0.672. The van der Waals surface area contributed by atoms with Crippen LogP contribution in [0.1, 0.15) is 0 Å². The summed E-state index contributed by atoms with van der Waals surface area (Å²) in [4.78, 5) is 15.4. The van der Waals surface area contributed by atoms with Gasteiger partial charge in [0.1, 0.15) is 6.33 Å². The first-order valence-electron chi connectivity index (χ1n) is 5.46. The van der Waals surface area contributed by atoms with Crippen LogP contribution >= 0.6 is 11.8 Å². The van der Waals surface area contributed by atoms with Crippen LogP contribution in [0.4, 0.5) is 5.95 Å². The van der Waals surface area contributed by atoms with Crippen molar-refractivity contribution in [2.24, 2.45) is 0 Å². The number of H-pyrrole nitrogens is 1. The highest BCUT2D eigenvalue weighted by atomic mass is 32.2. The Labute approximate surface area is 116 Å². The highest BCUT2D eigenvalue weighted by Gasteiger charge is 2.13. The van der Waals surface area contributed by atoms with Crippen LogP contribution in [0.25, 0.3) is 11.7 Å². The highest BCUT2D eigenvalue weighted by molar-refractivity contribution is 7.99. The number of carbonyl (C=O) groups excluding carboxylic acids is 1. The third kappa shape index (κ3) is 2.85. The fraction of sp³-hybridized carbons (Fsp3) is 0.100. The number of nitrogens with one attached hydrogen (secondary N) is 2. The van der Waals surface area contributed by atoms with Crippen molar-refractivity contribution in [3.63, 3.8) is 0 Å². The minimum absolute atomic E-state index is 0.112. The molecule has 0 spiro atoms. The fourth-order valence-corrected chi connectivity index (χ4v) is 1.89. The van der Waals surface area contributed by atoms with Gasteiger partial charge in [0.05, 0.1) is 12.0 Å². The fourth-order valence-electron chi connectivity index (χ4n) is 1.33. The molecule has 20 heavy (non-hydrogen) atoms. The molecule has 1 amide bonds. The van der Waals surface area contributed by atoms with E-state index in [1.54, 1.807) is 12.1 Å². The molecule has 0 aromatic carbocycles. The van der Waals surface area contributed by atoms with Crippen molar-refractivity contribution >= 4 is 23.6 Å². The Morgan fingerprint density at radius 2 is 2.40 bits per heavy atom. The lowest BCUT2D eigenvalue weighted by molar-refractivity contribution is -0.113.